The summed E-state index contributed by atoms with van der Waals surface area (Å²) in [6.07, 6.45) is 13.1. The first-order valence-corrected chi connectivity index (χ1v) is 7.53. The fraction of sp³-hybridized carbons (Fsp3) is 0.867. The Morgan fingerprint density at radius 3 is 2.82 bits per heavy atom. The van der Waals surface area contributed by atoms with Gasteiger partial charge < -0.3 is 4.90 Å². The van der Waals surface area contributed by atoms with Crippen molar-refractivity contribution in [3.05, 3.63) is 12.2 Å². The molecular weight excluding hydrogens is 208 g/mol. The topological polar surface area (TPSA) is 6.48 Å². The minimum atomic E-state index is 0.886. The molecule has 0 saturated carbocycles. The standard InChI is InChI=1S/C15H26N2/c1-2-6-14(7-3-1)12-16-9-5-11-17-10-4-8-15(17)13-16/h1-2,14-15H,3-13H2. The van der Waals surface area contributed by atoms with Crippen LogP contribution in [0.1, 0.15) is 38.5 Å². The Morgan fingerprint density at radius 2 is 1.94 bits per heavy atom. The van der Waals surface area contributed by atoms with E-state index < -0.39 is 0 Å². The maximum absolute atomic E-state index is 2.76. The highest BCUT2D eigenvalue weighted by atomic mass is 15.3. The van der Waals surface area contributed by atoms with Crippen molar-refractivity contribution in [2.45, 2.75) is 44.6 Å². The molecule has 3 rings (SSSR count). The molecule has 2 heteroatoms. The van der Waals surface area contributed by atoms with Crippen molar-refractivity contribution in [1.82, 2.24) is 9.80 Å². The van der Waals surface area contributed by atoms with Crippen molar-refractivity contribution in [2.75, 3.05) is 32.7 Å². The van der Waals surface area contributed by atoms with E-state index in [0.29, 0.717) is 0 Å². The first kappa shape index (κ1) is 11.7. The lowest BCUT2D eigenvalue weighted by Gasteiger charge is -2.29. The van der Waals surface area contributed by atoms with Crippen LogP contribution in [0.3, 0.4) is 0 Å². The molecule has 0 aromatic rings. The largest absolute Gasteiger partial charge is 0.301 e. The molecule has 0 radical (unpaired) electrons. The van der Waals surface area contributed by atoms with Crippen LogP contribution in [0.5, 0.6) is 0 Å². The highest BCUT2D eigenvalue weighted by molar-refractivity contribution is 4.92. The molecule has 3 aliphatic rings. The van der Waals surface area contributed by atoms with Gasteiger partial charge in [0.15, 0.2) is 0 Å². The molecule has 2 nitrogen and oxygen atoms in total. The molecule has 96 valence electrons. The summed E-state index contributed by atoms with van der Waals surface area (Å²) in [6, 6.07) is 0.886. The Labute approximate surface area is 106 Å². The van der Waals surface area contributed by atoms with Gasteiger partial charge in [0.1, 0.15) is 0 Å². The van der Waals surface area contributed by atoms with Crippen molar-refractivity contribution < 1.29 is 0 Å². The zero-order valence-electron chi connectivity index (χ0n) is 11.0. The smallest absolute Gasteiger partial charge is 0.0223 e. The maximum atomic E-state index is 2.76. The van der Waals surface area contributed by atoms with Crippen molar-refractivity contribution in [3.8, 4) is 0 Å². The molecule has 0 spiro atoms. The minimum absolute atomic E-state index is 0.886. The van der Waals surface area contributed by atoms with Gasteiger partial charge in [-0.25, -0.2) is 0 Å². The van der Waals surface area contributed by atoms with E-state index in [1.54, 1.807) is 0 Å². The third-order valence-electron chi connectivity index (χ3n) is 4.78. The summed E-state index contributed by atoms with van der Waals surface area (Å²) in [5.41, 5.74) is 0. The SMILES string of the molecule is C1=CCC(CN2CCCN3CCCC3C2)CC1. The van der Waals surface area contributed by atoms with Gasteiger partial charge >= 0.3 is 0 Å². The summed E-state index contributed by atoms with van der Waals surface area (Å²) in [7, 11) is 0. The Kier molecular flexibility index (Phi) is 3.82. The van der Waals surface area contributed by atoms with E-state index in [1.807, 2.05) is 0 Å². The average molecular weight is 234 g/mol. The molecule has 2 saturated heterocycles. The second-order valence-corrected chi connectivity index (χ2v) is 6.10. The van der Waals surface area contributed by atoms with E-state index in [4.69, 9.17) is 0 Å². The molecule has 17 heavy (non-hydrogen) atoms. The van der Waals surface area contributed by atoms with Gasteiger partial charge in [-0.15, -0.1) is 0 Å². The molecule has 2 fully saturated rings. The van der Waals surface area contributed by atoms with Gasteiger partial charge in [-0.3, -0.25) is 4.90 Å². The second-order valence-electron chi connectivity index (χ2n) is 6.10. The normalized spacial score (nSPS) is 35.8. The van der Waals surface area contributed by atoms with E-state index in [9.17, 15) is 0 Å². The van der Waals surface area contributed by atoms with Crippen LogP contribution in [-0.2, 0) is 0 Å². The number of rotatable bonds is 2. The van der Waals surface area contributed by atoms with E-state index in [-0.39, 0.29) is 0 Å². The molecule has 0 N–H and O–H groups in total. The van der Waals surface area contributed by atoms with E-state index in [1.165, 1.54) is 71.2 Å². The number of hydrogen-bond donors (Lipinski definition) is 0. The third-order valence-corrected chi connectivity index (χ3v) is 4.78. The van der Waals surface area contributed by atoms with Gasteiger partial charge in [0.25, 0.3) is 0 Å². The Morgan fingerprint density at radius 1 is 1.00 bits per heavy atom. The van der Waals surface area contributed by atoms with Gasteiger partial charge in [-0.05, 0) is 64.1 Å². The molecular formula is C15H26N2. The quantitative estimate of drug-likeness (QED) is 0.677. The summed E-state index contributed by atoms with van der Waals surface area (Å²) in [5.74, 6) is 0.938. The van der Waals surface area contributed by atoms with Crippen LogP contribution in [0.2, 0.25) is 0 Å². The van der Waals surface area contributed by atoms with Crippen LogP contribution in [0.15, 0.2) is 12.2 Å². The van der Waals surface area contributed by atoms with Crippen LogP contribution in [-0.4, -0.2) is 48.6 Å². The summed E-state index contributed by atoms with van der Waals surface area (Å²) in [5, 5.41) is 0. The molecule has 2 atom stereocenters. The number of hydrogen-bond acceptors (Lipinski definition) is 2. The fourth-order valence-corrected chi connectivity index (χ4v) is 3.84. The van der Waals surface area contributed by atoms with Crippen LogP contribution in [0.25, 0.3) is 0 Å². The monoisotopic (exact) mass is 234 g/mol. The van der Waals surface area contributed by atoms with Crippen molar-refractivity contribution in [3.63, 3.8) is 0 Å². The van der Waals surface area contributed by atoms with Gasteiger partial charge in [-0.1, -0.05) is 12.2 Å². The molecule has 0 amide bonds. The first-order chi connectivity index (χ1) is 8.42. The van der Waals surface area contributed by atoms with Gasteiger partial charge in [-0.2, -0.15) is 0 Å². The highest BCUT2D eigenvalue weighted by Gasteiger charge is 2.29. The molecule has 0 aromatic carbocycles. The van der Waals surface area contributed by atoms with Gasteiger partial charge in [0.05, 0.1) is 0 Å². The van der Waals surface area contributed by atoms with Gasteiger partial charge in [0.2, 0.25) is 0 Å². The lowest BCUT2D eigenvalue weighted by atomic mass is 9.94. The second kappa shape index (κ2) is 5.53. The molecule has 2 unspecified atom stereocenters. The molecule has 1 aliphatic carbocycles. The Hall–Kier alpha value is -0.340. The summed E-state index contributed by atoms with van der Waals surface area (Å²) in [6.45, 7) is 6.76. The van der Waals surface area contributed by atoms with E-state index >= 15 is 0 Å². The Balaban J connectivity index is 1.53. The molecule has 0 aromatic heterocycles. The summed E-state index contributed by atoms with van der Waals surface area (Å²) < 4.78 is 0. The van der Waals surface area contributed by atoms with Crippen LogP contribution >= 0.6 is 0 Å². The summed E-state index contributed by atoms with van der Waals surface area (Å²) >= 11 is 0. The molecule has 2 heterocycles. The lowest BCUT2D eigenvalue weighted by molar-refractivity contribution is 0.194. The van der Waals surface area contributed by atoms with E-state index in [2.05, 4.69) is 22.0 Å². The number of allylic oxidation sites excluding steroid dienone is 2. The number of fused-ring (bicyclic) bond motifs is 1. The van der Waals surface area contributed by atoms with Crippen molar-refractivity contribution in [2.24, 2.45) is 5.92 Å². The van der Waals surface area contributed by atoms with E-state index in [0.717, 1.165) is 12.0 Å². The third kappa shape index (κ3) is 2.92. The van der Waals surface area contributed by atoms with Crippen LogP contribution in [0.4, 0.5) is 0 Å². The molecule has 2 aliphatic heterocycles. The van der Waals surface area contributed by atoms with Crippen LogP contribution < -0.4 is 0 Å². The zero-order chi connectivity index (χ0) is 11.5. The van der Waals surface area contributed by atoms with Crippen molar-refractivity contribution >= 4 is 0 Å². The Bertz CT molecular complexity index is 274. The van der Waals surface area contributed by atoms with Crippen molar-refractivity contribution in [1.29, 1.82) is 0 Å². The van der Waals surface area contributed by atoms with Gasteiger partial charge in [0, 0.05) is 19.1 Å². The predicted octanol–water partition coefficient (Wildman–Crippen LogP) is 2.51. The average Bonchev–Trinajstić information content (AvgIpc) is 2.70. The maximum Gasteiger partial charge on any atom is 0.0223 e. The lowest BCUT2D eigenvalue weighted by Crippen LogP contribution is -2.38. The summed E-state index contributed by atoms with van der Waals surface area (Å²) in [4.78, 5) is 5.50. The first-order valence-electron chi connectivity index (χ1n) is 7.53. The predicted molar refractivity (Wildman–Crippen MR) is 72.1 cm³/mol. The zero-order valence-corrected chi connectivity index (χ0v) is 11.0. The van der Waals surface area contributed by atoms with Crippen LogP contribution in [0, 0.1) is 5.92 Å². The fourth-order valence-electron chi connectivity index (χ4n) is 3.84. The highest BCUT2D eigenvalue weighted by Crippen LogP contribution is 2.24. The minimum Gasteiger partial charge on any atom is -0.301 e. The molecule has 0 bridgehead atoms. The number of nitrogens with zero attached hydrogens (tertiary/aromatic N) is 2.